The standard InChI is InChI=1S/C11H18F2N4O/c1-3-8-9(14-4-2)16-7-17-10(8)15-5-11(12,13)6-18/h7,18H,3-6H2,1-2H3,(H2,14,15,16,17). The van der Waals surface area contributed by atoms with Crippen LogP contribution in [-0.4, -0.2) is 40.7 Å². The number of anilines is 2. The first-order valence-electron chi connectivity index (χ1n) is 5.84. The van der Waals surface area contributed by atoms with Crippen molar-refractivity contribution in [1.82, 2.24) is 9.97 Å². The van der Waals surface area contributed by atoms with E-state index >= 15 is 0 Å². The van der Waals surface area contributed by atoms with Gasteiger partial charge in [0.1, 0.15) is 24.6 Å². The summed E-state index contributed by atoms with van der Waals surface area (Å²) in [4.78, 5) is 8.02. The molecule has 0 aromatic carbocycles. The van der Waals surface area contributed by atoms with Gasteiger partial charge in [-0.2, -0.15) is 0 Å². The average molecular weight is 260 g/mol. The largest absolute Gasteiger partial charge is 0.390 e. The van der Waals surface area contributed by atoms with Crippen molar-refractivity contribution in [2.24, 2.45) is 0 Å². The Morgan fingerprint density at radius 1 is 1.22 bits per heavy atom. The fraction of sp³-hybridized carbons (Fsp3) is 0.636. The molecule has 7 heteroatoms. The van der Waals surface area contributed by atoms with Gasteiger partial charge in [0.25, 0.3) is 5.92 Å². The van der Waals surface area contributed by atoms with E-state index in [0.29, 0.717) is 24.6 Å². The van der Waals surface area contributed by atoms with Crippen LogP contribution in [0.4, 0.5) is 20.4 Å². The highest BCUT2D eigenvalue weighted by molar-refractivity contribution is 5.57. The number of hydrogen-bond donors (Lipinski definition) is 3. The molecule has 0 aliphatic heterocycles. The highest BCUT2D eigenvalue weighted by atomic mass is 19.3. The number of aromatic nitrogens is 2. The normalized spacial score (nSPS) is 11.4. The molecule has 1 aromatic rings. The third-order valence-electron chi connectivity index (χ3n) is 2.39. The summed E-state index contributed by atoms with van der Waals surface area (Å²) in [5.41, 5.74) is 0.757. The number of rotatable bonds is 7. The minimum absolute atomic E-state index is 0.372. The molecule has 0 saturated carbocycles. The van der Waals surface area contributed by atoms with E-state index in [1.54, 1.807) is 0 Å². The van der Waals surface area contributed by atoms with E-state index < -0.39 is 19.1 Å². The molecule has 0 fully saturated rings. The summed E-state index contributed by atoms with van der Waals surface area (Å²) in [5.74, 6) is -2.14. The number of halogens is 2. The zero-order chi connectivity index (χ0) is 13.6. The van der Waals surface area contributed by atoms with Gasteiger partial charge in [-0.15, -0.1) is 0 Å². The lowest BCUT2D eigenvalue weighted by Crippen LogP contribution is -2.31. The summed E-state index contributed by atoms with van der Waals surface area (Å²) in [7, 11) is 0. The molecule has 0 radical (unpaired) electrons. The van der Waals surface area contributed by atoms with Crippen molar-refractivity contribution in [2.45, 2.75) is 26.2 Å². The van der Waals surface area contributed by atoms with Crippen molar-refractivity contribution in [3.05, 3.63) is 11.9 Å². The molecular weight excluding hydrogens is 242 g/mol. The van der Waals surface area contributed by atoms with Gasteiger partial charge in [-0.3, -0.25) is 0 Å². The van der Waals surface area contributed by atoms with Gasteiger partial charge in [-0.05, 0) is 13.3 Å². The molecule has 0 bridgehead atoms. The Labute approximate surface area is 105 Å². The third kappa shape index (κ3) is 3.76. The summed E-state index contributed by atoms with van der Waals surface area (Å²) < 4.78 is 25.9. The van der Waals surface area contributed by atoms with Crippen LogP contribution in [0.1, 0.15) is 19.4 Å². The molecule has 0 spiro atoms. The second-order valence-corrected chi connectivity index (χ2v) is 3.80. The average Bonchev–Trinajstić information content (AvgIpc) is 2.37. The van der Waals surface area contributed by atoms with Crippen molar-refractivity contribution in [1.29, 1.82) is 0 Å². The van der Waals surface area contributed by atoms with E-state index in [1.807, 2.05) is 13.8 Å². The number of hydrogen-bond acceptors (Lipinski definition) is 5. The molecule has 0 aliphatic rings. The second-order valence-electron chi connectivity index (χ2n) is 3.80. The van der Waals surface area contributed by atoms with Gasteiger partial charge in [-0.1, -0.05) is 6.92 Å². The molecule has 3 N–H and O–H groups in total. The smallest absolute Gasteiger partial charge is 0.287 e. The minimum Gasteiger partial charge on any atom is -0.390 e. The molecule has 1 aromatic heterocycles. The zero-order valence-corrected chi connectivity index (χ0v) is 10.5. The van der Waals surface area contributed by atoms with Crippen LogP contribution >= 0.6 is 0 Å². The number of nitrogens with one attached hydrogen (secondary N) is 2. The van der Waals surface area contributed by atoms with E-state index in [0.717, 1.165) is 5.56 Å². The van der Waals surface area contributed by atoms with E-state index in [2.05, 4.69) is 20.6 Å². The van der Waals surface area contributed by atoms with E-state index in [4.69, 9.17) is 5.11 Å². The Balaban J connectivity index is 2.85. The SMILES string of the molecule is CCNc1ncnc(NCC(F)(F)CO)c1CC. The first-order valence-corrected chi connectivity index (χ1v) is 5.84. The van der Waals surface area contributed by atoms with Gasteiger partial charge in [0.05, 0.1) is 6.54 Å². The molecule has 0 atom stereocenters. The molecule has 102 valence electrons. The van der Waals surface area contributed by atoms with Gasteiger partial charge in [0, 0.05) is 12.1 Å². The van der Waals surface area contributed by atoms with Crippen LogP contribution in [0.25, 0.3) is 0 Å². The van der Waals surface area contributed by atoms with Crippen LogP contribution in [0.2, 0.25) is 0 Å². The fourth-order valence-electron chi connectivity index (χ4n) is 1.49. The highest BCUT2D eigenvalue weighted by Gasteiger charge is 2.27. The molecule has 1 rings (SSSR count). The van der Waals surface area contributed by atoms with Gasteiger partial charge < -0.3 is 15.7 Å². The maximum atomic E-state index is 13.0. The van der Waals surface area contributed by atoms with Crippen LogP contribution in [0.15, 0.2) is 6.33 Å². The molecular formula is C11H18F2N4O. The lowest BCUT2D eigenvalue weighted by atomic mass is 10.2. The quantitative estimate of drug-likeness (QED) is 0.693. The summed E-state index contributed by atoms with van der Waals surface area (Å²) >= 11 is 0. The Hall–Kier alpha value is -1.50. The number of aliphatic hydroxyl groups excluding tert-OH is 1. The van der Waals surface area contributed by atoms with Crippen molar-refractivity contribution >= 4 is 11.6 Å². The fourth-order valence-corrected chi connectivity index (χ4v) is 1.49. The first kappa shape index (κ1) is 14.6. The van der Waals surface area contributed by atoms with Crippen LogP contribution < -0.4 is 10.6 Å². The number of alkyl halides is 2. The van der Waals surface area contributed by atoms with Crippen LogP contribution in [0.5, 0.6) is 0 Å². The van der Waals surface area contributed by atoms with Crippen LogP contribution in [0, 0.1) is 0 Å². The summed E-state index contributed by atoms with van der Waals surface area (Å²) in [5, 5.41) is 14.1. The first-order chi connectivity index (χ1) is 8.54. The molecule has 0 saturated heterocycles. The van der Waals surface area contributed by atoms with Crippen molar-refractivity contribution in [2.75, 3.05) is 30.3 Å². The van der Waals surface area contributed by atoms with E-state index in [-0.39, 0.29) is 0 Å². The number of aliphatic hydroxyl groups is 1. The maximum absolute atomic E-state index is 13.0. The lowest BCUT2D eigenvalue weighted by molar-refractivity contribution is -0.0373. The Kier molecular flexibility index (Phi) is 5.21. The van der Waals surface area contributed by atoms with Gasteiger partial charge in [-0.25, -0.2) is 18.7 Å². The highest BCUT2D eigenvalue weighted by Crippen LogP contribution is 2.21. The third-order valence-corrected chi connectivity index (χ3v) is 2.39. The van der Waals surface area contributed by atoms with Crippen molar-refractivity contribution in [3.8, 4) is 0 Å². The Bertz CT molecular complexity index is 387. The number of nitrogens with zero attached hydrogens (tertiary/aromatic N) is 2. The van der Waals surface area contributed by atoms with Gasteiger partial charge >= 0.3 is 0 Å². The van der Waals surface area contributed by atoms with Crippen LogP contribution in [-0.2, 0) is 6.42 Å². The summed E-state index contributed by atoms with van der Waals surface area (Å²) in [6.45, 7) is 2.67. The summed E-state index contributed by atoms with van der Waals surface area (Å²) in [6, 6.07) is 0. The molecule has 5 nitrogen and oxygen atoms in total. The van der Waals surface area contributed by atoms with E-state index in [1.165, 1.54) is 6.33 Å². The topological polar surface area (TPSA) is 70.1 Å². The minimum atomic E-state index is -3.16. The van der Waals surface area contributed by atoms with E-state index in [9.17, 15) is 8.78 Å². The molecule has 0 amide bonds. The Morgan fingerprint density at radius 2 is 1.83 bits per heavy atom. The van der Waals surface area contributed by atoms with Crippen molar-refractivity contribution in [3.63, 3.8) is 0 Å². The molecule has 0 unspecified atom stereocenters. The predicted molar refractivity (Wildman–Crippen MR) is 66.1 cm³/mol. The second kappa shape index (κ2) is 6.44. The molecule has 0 aliphatic carbocycles. The van der Waals surface area contributed by atoms with Crippen LogP contribution in [0.3, 0.4) is 0 Å². The van der Waals surface area contributed by atoms with Gasteiger partial charge in [0.15, 0.2) is 0 Å². The maximum Gasteiger partial charge on any atom is 0.287 e. The summed E-state index contributed by atoms with van der Waals surface area (Å²) in [6.07, 6.45) is 1.94. The van der Waals surface area contributed by atoms with Crippen molar-refractivity contribution < 1.29 is 13.9 Å². The molecule has 1 heterocycles. The monoisotopic (exact) mass is 260 g/mol. The predicted octanol–water partition coefficient (Wildman–Crippen LogP) is 1.51. The zero-order valence-electron chi connectivity index (χ0n) is 10.5. The Morgan fingerprint density at radius 3 is 2.33 bits per heavy atom. The lowest BCUT2D eigenvalue weighted by Gasteiger charge is -2.17. The van der Waals surface area contributed by atoms with Gasteiger partial charge in [0.2, 0.25) is 0 Å². The molecule has 18 heavy (non-hydrogen) atoms.